The van der Waals surface area contributed by atoms with E-state index in [4.69, 9.17) is 24.7 Å². The first kappa shape index (κ1) is 34.2. The van der Waals surface area contributed by atoms with Crippen LogP contribution in [0.5, 0.6) is 0 Å². The van der Waals surface area contributed by atoms with E-state index in [-0.39, 0.29) is 35.3 Å². The summed E-state index contributed by atoms with van der Waals surface area (Å²) < 4.78 is 54.0. The van der Waals surface area contributed by atoms with Crippen molar-refractivity contribution in [1.82, 2.24) is 39.2 Å². The normalized spacial score (nSPS) is 21.4. The Hall–Kier alpha value is -6.28. The van der Waals surface area contributed by atoms with Gasteiger partial charge in [0.1, 0.15) is 40.8 Å². The molecule has 56 heavy (non-hydrogen) atoms. The third kappa shape index (κ3) is 5.74. The summed E-state index contributed by atoms with van der Waals surface area (Å²) in [4.78, 5) is 40.1. The number of hydrogen-bond donors (Lipinski definition) is 1. The number of nitriles is 1. The molecule has 3 atom stereocenters. The Morgan fingerprint density at radius 3 is 2.66 bits per heavy atom. The molecule has 4 aliphatic rings. The molecule has 3 fully saturated rings. The zero-order valence-electron chi connectivity index (χ0n) is 30.2. The molecule has 1 unspecified atom stereocenters. The Morgan fingerprint density at radius 2 is 1.82 bits per heavy atom. The molecular weight excluding hydrogens is 726 g/mol. The van der Waals surface area contributed by atoms with Gasteiger partial charge in [-0.15, -0.1) is 0 Å². The second-order valence-electron chi connectivity index (χ2n) is 14.8. The van der Waals surface area contributed by atoms with Gasteiger partial charge in [-0.3, -0.25) is 4.79 Å². The van der Waals surface area contributed by atoms with Gasteiger partial charge < -0.3 is 29.3 Å². The molecule has 4 aliphatic heterocycles. The fourth-order valence-corrected chi connectivity index (χ4v) is 8.47. The second-order valence-corrected chi connectivity index (χ2v) is 14.8. The van der Waals surface area contributed by atoms with E-state index in [0.29, 0.717) is 104 Å². The number of pyridine rings is 1. The van der Waals surface area contributed by atoms with Crippen LogP contribution in [-0.2, 0) is 16.1 Å². The van der Waals surface area contributed by atoms with Gasteiger partial charge >= 0.3 is 0 Å². The number of rotatable bonds is 3. The molecule has 3 saturated heterocycles. The molecule has 1 amide bonds. The lowest BCUT2D eigenvalue weighted by atomic mass is 10.0. The number of aromatic nitrogens is 7. The van der Waals surface area contributed by atoms with Crippen molar-refractivity contribution in [2.45, 2.75) is 44.5 Å². The quantitative estimate of drug-likeness (QED) is 0.270. The standard InChI is InChI=1S/C39H35F3N12O2/c1-21-45-31-12-24(41)10-27-30-4-2-5-34(47-30)46-25-13-33(38(55)50-8-3-9-56-26(19-50)20-52(21)35(27)31)53(18-25)36-28-15-44-54(32-7-6-23(40)11-29(32)42)37(28)49-39(48-36)51-16-22(14-43)17-51/h2,4-7,10-12,15,22,25-26,33H,3,8-9,13,16-20H2,1H3,(H,46,47)/t25?,26-,33+/m1/s1. The topological polar surface area (TPSA) is 146 Å². The first-order valence-corrected chi connectivity index (χ1v) is 18.6. The number of imidazole rings is 1. The fraction of sp³-hybridized carbons (Fsp3) is 0.359. The van der Waals surface area contributed by atoms with E-state index in [0.717, 1.165) is 17.6 Å². The van der Waals surface area contributed by atoms with Gasteiger partial charge in [0.2, 0.25) is 11.9 Å². The molecule has 17 heteroatoms. The molecule has 0 radical (unpaired) electrons. The van der Waals surface area contributed by atoms with Crippen LogP contribution in [0.15, 0.2) is 54.7 Å². The van der Waals surface area contributed by atoms with Gasteiger partial charge in [0.05, 0.1) is 52.9 Å². The molecule has 14 nitrogen and oxygen atoms in total. The first-order chi connectivity index (χ1) is 27.2. The van der Waals surface area contributed by atoms with Crippen molar-refractivity contribution in [2.75, 3.05) is 54.4 Å². The van der Waals surface area contributed by atoms with E-state index in [2.05, 4.69) is 16.5 Å². The molecule has 4 aromatic heterocycles. The molecule has 0 saturated carbocycles. The number of halogens is 3. The zero-order valence-corrected chi connectivity index (χ0v) is 30.2. The van der Waals surface area contributed by atoms with Crippen LogP contribution in [0.3, 0.4) is 0 Å². The summed E-state index contributed by atoms with van der Waals surface area (Å²) in [6, 6.07) is 13.0. The second kappa shape index (κ2) is 13.2. The Labute approximate surface area is 318 Å². The summed E-state index contributed by atoms with van der Waals surface area (Å²) >= 11 is 0. The summed E-state index contributed by atoms with van der Waals surface area (Å²) in [5.74, 6) is -0.306. The minimum atomic E-state index is -0.818. The van der Waals surface area contributed by atoms with Crippen molar-refractivity contribution < 1.29 is 22.7 Å². The molecule has 6 bridgehead atoms. The molecule has 1 N–H and O–H groups in total. The number of anilines is 3. The number of amides is 1. The van der Waals surface area contributed by atoms with Gasteiger partial charge in [-0.05, 0) is 50.1 Å². The number of benzene rings is 2. The monoisotopic (exact) mass is 760 g/mol. The Kier molecular flexibility index (Phi) is 8.06. The predicted octanol–water partition coefficient (Wildman–Crippen LogP) is 4.60. The maximum atomic E-state index is 15.2. The highest BCUT2D eigenvalue weighted by atomic mass is 19.1. The van der Waals surface area contributed by atoms with Gasteiger partial charge in [-0.1, -0.05) is 6.07 Å². The smallest absolute Gasteiger partial charge is 0.245 e. The fourth-order valence-electron chi connectivity index (χ4n) is 8.47. The largest absolute Gasteiger partial charge is 0.374 e. The number of aryl methyl sites for hydroxylation is 1. The SMILES string of the molecule is Cc1nc2cc(F)cc3c2n1C[C@H]1CN(CCCO1)C(=O)[C@@H]1CC(CN1c1nc(N2CC(C#N)C2)nc2c1cnn2-c1ccc(F)cc1F)Nc1cccc-3n1. The molecule has 10 rings (SSSR count). The highest BCUT2D eigenvalue weighted by Crippen LogP contribution is 2.37. The van der Waals surface area contributed by atoms with E-state index < -0.39 is 23.5 Å². The zero-order chi connectivity index (χ0) is 38.2. The van der Waals surface area contributed by atoms with Crippen LogP contribution >= 0.6 is 0 Å². The molecular formula is C39H35F3N12O2. The summed E-state index contributed by atoms with van der Waals surface area (Å²) in [6.45, 7) is 4.65. The van der Waals surface area contributed by atoms with E-state index in [1.54, 1.807) is 0 Å². The van der Waals surface area contributed by atoms with Crippen LogP contribution in [0.4, 0.5) is 30.8 Å². The van der Waals surface area contributed by atoms with Crippen LogP contribution in [0.25, 0.3) is 39.0 Å². The number of nitrogens with zero attached hydrogens (tertiary/aromatic N) is 11. The highest BCUT2D eigenvalue weighted by molar-refractivity contribution is 5.94. The van der Waals surface area contributed by atoms with E-state index >= 15 is 8.78 Å². The lowest BCUT2D eigenvalue weighted by molar-refractivity contribution is -0.133. The number of fused-ring (bicyclic) bond motifs is 8. The number of carbonyl (C=O) groups is 1. The van der Waals surface area contributed by atoms with E-state index in [1.165, 1.54) is 29.1 Å². The third-order valence-electron chi connectivity index (χ3n) is 11.2. The number of hydrogen-bond acceptors (Lipinski definition) is 11. The maximum absolute atomic E-state index is 15.2. The van der Waals surface area contributed by atoms with Crippen molar-refractivity contribution >= 4 is 45.6 Å². The minimum absolute atomic E-state index is 0.000957. The summed E-state index contributed by atoms with van der Waals surface area (Å²) in [5.41, 5.74) is 2.69. The van der Waals surface area contributed by atoms with Crippen LogP contribution in [-0.4, -0.2) is 103 Å². The average molecular weight is 761 g/mol. The van der Waals surface area contributed by atoms with Crippen molar-refractivity contribution in [3.63, 3.8) is 0 Å². The Balaban J connectivity index is 1.11. The van der Waals surface area contributed by atoms with Gasteiger partial charge in [-0.2, -0.15) is 20.3 Å². The van der Waals surface area contributed by atoms with Crippen LogP contribution in [0.1, 0.15) is 18.7 Å². The molecule has 284 valence electrons. The van der Waals surface area contributed by atoms with Gasteiger partial charge in [0.25, 0.3) is 0 Å². The lowest BCUT2D eigenvalue weighted by Crippen LogP contribution is -2.49. The van der Waals surface area contributed by atoms with Crippen LogP contribution < -0.4 is 15.1 Å². The molecule has 6 aromatic rings. The molecule has 2 aromatic carbocycles. The van der Waals surface area contributed by atoms with Crippen molar-refractivity contribution in [3.05, 3.63) is 78.0 Å². The summed E-state index contributed by atoms with van der Waals surface area (Å²) in [5, 5.41) is 18.0. The van der Waals surface area contributed by atoms with Crippen molar-refractivity contribution in [2.24, 2.45) is 5.92 Å². The minimum Gasteiger partial charge on any atom is -0.374 e. The molecule has 8 heterocycles. The Bertz CT molecular complexity index is 2600. The van der Waals surface area contributed by atoms with Gasteiger partial charge in [0.15, 0.2) is 11.5 Å². The van der Waals surface area contributed by atoms with Crippen LogP contribution in [0.2, 0.25) is 0 Å². The number of nitrogens with one attached hydrogen (secondary N) is 1. The first-order valence-electron chi connectivity index (χ1n) is 18.6. The predicted molar refractivity (Wildman–Crippen MR) is 200 cm³/mol. The highest BCUT2D eigenvalue weighted by Gasteiger charge is 2.43. The summed E-state index contributed by atoms with van der Waals surface area (Å²) in [7, 11) is 0. The van der Waals surface area contributed by atoms with E-state index in [1.807, 2.05) is 44.4 Å². The maximum Gasteiger partial charge on any atom is 0.245 e. The number of carbonyl (C=O) groups excluding carboxylic acids is 1. The van der Waals surface area contributed by atoms with Crippen molar-refractivity contribution in [3.8, 4) is 23.0 Å². The van der Waals surface area contributed by atoms with Gasteiger partial charge in [-0.25, -0.2) is 27.8 Å². The molecule has 0 aliphatic carbocycles. The van der Waals surface area contributed by atoms with Crippen molar-refractivity contribution in [1.29, 1.82) is 5.26 Å². The Morgan fingerprint density at radius 1 is 0.946 bits per heavy atom. The lowest BCUT2D eigenvalue weighted by Gasteiger charge is -2.36. The third-order valence-corrected chi connectivity index (χ3v) is 11.2. The van der Waals surface area contributed by atoms with E-state index in [9.17, 15) is 14.4 Å². The average Bonchev–Trinajstić information content (AvgIpc) is 3.80. The number of ether oxygens (including phenoxy) is 1. The summed E-state index contributed by atoms with van der Waals surface area (Å²) in [6.07, 6.45) is 2.18. The van der Waals surface area contributed by atoms with Crippen LogP contribution in [0, 0.1) is 41.6 Å². The molecule has 0 spiro atoms. The van der Waals surface area contributed by atoms with Gasteiger partial charge in [0, 0.05) is 63.1 Å².